The topological polar surface area (TPSA) is 24.9 Å². The fourth-order valence-corrected chi connectivity index (χ4v) is 4.51. The van der Waals surface area contributed by atoms with E-state index in [1.165, 1.54) is 25.8 Å². The average molecular weight is 337 g/mol. The van der Waals surface area contributed by atoms with Crippen LogP contribution >= 0.6 is 11.6 Å². The predicted octanol–water partition coefficient (Wildman–Crippen LogP) is 3.04. The van der Waals surface area contributed by atoms with Gasteiger partial charge in [-0.3, -0.25) is 4.90 Å². The van der Waals surface area contributed by atoms with E-state index in [0.29, 0.717) is 12.2 Å². The fourth-order valence-electron chi connectivity index (χ4n) is 4.35. The second-order valence-corrected chi connectivity index (χ2v) is 7.41. The standard InChI is InChI=1S/C18H25ClN2O2/c1-22-18-4-2-14(19)11-16(18)21-8-6-20(7-9-21)12-13-10-15-3-5-17(13)23-15/h2,4,11,13,15,17H,3,5-10,12H2,1H3. The first-order chi connectivity index (χ1) is 11.2. The number of methoxy groups -OCH3 is 1. The molecule has 4 nitrogen and oxygen atoms in total. The monoisotopic (exact) mass is 336 g/mol. The van der Waals surface area contributed by atoms with Gasteiger partial charge in [-0.1, -0.05) is 11.6 Å². The summed E-state index contributed by atoms with van der Waals surface area (Å²) in [5, 5.41) is 0.766. The summed E-state index contributed by atoms with van der Waals surface area (Å²) in [5.41, 5.74) is 1.11. The second kappa shape index (κ2) is 6.50. The van der Waals surface area contributed by atoms with Crippen molar-refractivity contribution in [3.8, 4) is 5.75 Å². The Kier molecular flexibility index (Phi) is 4.39. The zero-order chi connectivity index (χ0) is 15.8. The number of anilines is 1. The van der Waals surface area contributed by atoms with Crippen molar-refractivity contribution in [1.29, 1.82) is 0 Å². The number of piperazine rings is 1. The lowest BCUT2D eigenvalue weighted by molar-refractivity contribution is 0.0832. The van der Waals surface area contributed by atoms with Crippen LogP contribution in [-0.2, 0) is 4.74 Å². The molecule has 5 heteroatoms. The van der Waals surface area contributed by atoms with E-state index < -0.39 is 0 Å². The molecule has 0 N–H and O–H groups in total. The number of nitrogens with zero attached hydrogens (tertiary/aromatic N) is 2. The molecule has 126 valence electrons. The Morgan fingerprint density at radius 1 is 1.22 bits per heavy atom. The lowest BCUT2D eigenvalue weighted by atomic mass is 9.89. The predicted molar refractivity (Wildman–Crippen MR) is 92.7 cm³/mol. The van der Waals surface area contributed by atoms with Crippen LogP contribution in [0.15, 0.2) is 18.2 Å². The molecule has 3 unspecified atom stereocenters. The molecule has 0 aliphatic carbocycles. The number of halogens is 1. The van der Waals surface area contributed by atoms with E-state index in [4.69, 9.17) is 21.1 Å². The Bertz CT molecular complexity index is 560. The number of ether oxygens (including phenoxy) is 2. The van der Waals surface area contributed by atoms with Gasteiger partial charge in [0.05, 0.1) is 25.0 Å². The summed E-state index contributed by atoms with van der Waals surface area (Å²) < 4.78 is 11.5. The Morgan fingerprint density at radius 2 is 2.04 bits per heavy atom. The number of hydrogen-bond acceptors (Lipinski definition) is 4. The van der Waals surface area contributed by atoms with Crippen LogP contribution in [0.4, 0.5) is 5.69 Å². The molecule has 0 aromatic heterocycles. The highest BCUT2D eigenvalue weighted by Crippen LogP contribution is 2.39. The SMILES string of the molecule is COc1ccc(Cl)cc1N1CCN(CC2CC3CCC2O3)CC1. The third-order valence-electron chi connectivity index (χ3n) is 5.58. The minimum Gasteiger partial charge on any atom is -0.495 e. The first-order valence-electron chi connectivity index (χ1n) is 8.69. The van der Waals surface area contributed by atoms with Crippen LogP contribution < -0.4 is 9.64 Å². The van der Waals surface area contributed by atoms with Gasteiger partial charge in [-0.2, -0.15) is 0 Å². The number of rotatable bonds is 4. The molecular weight excluding hydrogens is 312 g/mol. The van der Waals surface area contributed by atoms with Crippen LogP contribution in [0.5, 0.6) is 5.75 Å². The molecule has 3 aliphatic heterocycles. The van der Waals surface area contributed by atoms with Crippen LogP contribution in [0, 0.1) is 5.92 Å². The minimum atomic E-state index is 0.533. The molecule has 23 heavy (non-hydrogen) atoms. The van der Waals surface area contributed by atoms with Crippen molar-refractivity contribution in [1.82, 2.24) is 4.90 Å². The van der Waals surface area contributed by atoms with Crippen molar-refractivity contribution >= 4 is 17.3 Å². The summed E-state index contributed by atoms with van der Waals surface area (Å²) in [6.07, 6.45) is 4.92. The van der Waals surface area contributed by atoms with Gasteiger partial charge in [0.1, 0.15) is 5.75 Å². The van der Waals surface area contributed by atoms with Crippen molar-refractivity contribution in [2.75, 3.05) is 44.7 Å². The normalized spacial score (nSPS) is 30.9. The van der Waals surface area contributed by atoms with Crippen molar-refractivity contribution in [2.24, 2.45) is 5.92 Å². The maximum Gasteiger partial charge on any atom is 0.142 e. The molecule has 4 rings (SSSR count). The van der Waals surface area contributed by atoms with E-state index in [2.05, 4.69) is 9.80 Å². The third-order valence-corrected chi connectivity index (χ3v) is 5.81. The van der Waals surface area contributed by atoms with E-state index in [0.717, 1.165) is 48.6 Å². The van der Waals surface area contributed by atoms with Crippen molar-refractivity contribution in [3.63, 3.8) is 0 Å². The fraction of sp³-hybridized carbons (Fsp3) is 0.667. The number of hydrogen-bond donors (Lipinski definition) is 0. The van der Waals surface area contributed by atoms with Gasteiger partial charge in [0.15, 0.2) is 0 Å². The molecule has 1 aromatic rings. The zero-order valence-corrected chi connectivity index (χ0v) is 14.5. The quantitative estimate of drug-likeness (QED) is 0.843. The van der Waals surface area contributed by atoms with Crippen LogP contribution in [0.1, 0.15) is 19.3 Å². The van der Waals surface area contributed by atoms with Gasteiger partial charge in [-0.15, -0.1) is 0 Å². The van der Waals surface area contributed by atoms with Gasteiger partial charge < -0.3 is 14.4 Å². The molecule has 2 bridgehead atoms. The van der Waals surface area contributed by atoms with Crippen molar-refractivity contribution in [3.05, 3.63) is 23.2 Å². The zero-order valence-electron chi connectivity index (χ0n) is 13.7. The Hall–Kier alpha value is -0.970. The van der Waals surface area contributed by atoms with Crippen LogP contribution in [-0.4, -0.2) is 56.9 Å². The number of fused-ring (bicyclic) bond motifs is 2. The molecule has 3 heterocycles. The van der Waals surface area contributed by atoms with Crippen LogP contribution in [0.3, 0.4) is 0 Å². The number of benzene rings is 1. The summed E-state index contributed by atoms with van der Waals surface area (Å²) in [6.45, 7) is 5.45. The smallest absolute Gasteiger partial charge is 0.142 e. The van der Waals surface area contributed by atoms with Crippen LogP contribution in [0.25, 0.3) is 0 Å². The maximum absolute atomic E-state index is 6.16. The molecule has 0 saturated carbocycles. The largest absolute Gasteiger partial charge is 0.495 e. The Morgan fingerprint density at radius 3 is 2.70 bits per heavy atom. The molecule has 3 fully saturated rings. The second-order valence-electron chi connectivity index (χ2n) is 6.97. The van der Waals surface area contributed by atoms with Gasteiger partial charge in [-0.25, -0.2) is 0 Å². The molecule has 3 aliphatic rings. The van der Waals surface area contributed by atoms with E-state index in [1.54, 1.807) is 7.11 Å². The summed E-state index contributed by atoms with van der Waals surface area (Å²) in [6, 6.07) is 5.85. The highest BCUT2D eigenvalue weighted by atomic mass is 35.5. The molecule has 0 spiro atoms. The molecule has 3 atom stereocenters. The lowest BCUT2D eigenvalue weighted by Gasteiger charge is -2.38. The molecule has 1 aromatic carbocycles. The summed E-state index contributed by atoms with van der Waals surface area (Å²) in [4.78, 5) is 4.99. The van der Waals surface area contributed by atoms with Crippen molar-refractivity contribution in [2.45, 2.75) is 31.5 Å². The van der Waals surface area contributed by atoms with Gasteiger partial charge in [0.25, 0.3) is 0 Å². The first-order valence-corrected chi connectivity index (χ1v) is 9.07. The van der Waals surface area contributed by atoms with Gasteiger partial charge in [-0.05, 0) is 37.5 Å². The van der Waals surface area contributed by atoms with Crippen molar-refractivity contribution < 1.29 is 9.47 Å². The lowest BCUT2D eigenvalue weighted by Crippen LogP contribution is -2.48. The van der Waals surface area contributed by atoms with Gasteiger partial charge in [0, 0.05) is 43.7 Å². The average Bonchev–Trinajstić information content (AvgIpc) is 3.18. The molecule has 0 radical (unpaired) electrons. The molecular formula is C18H25ClN2O2. The van der Waals surface area contributed by atoms with Crippen LogP contribution in [0.2, 0.25) is 5.02 Å². The highest BCUT2D eigenvalue weighted by molar-refractivity contribution is 6.30. The highest BCUT2D eigenvalue weighted by Gasteiger charge is 2.41. The van der Waals surface area contributed by atoms with E-state index in [1.807, 2.05) is 18.2 Å². The summed E-state index contributed by atoms with van der Waals surface area (Å²) in [5.74, 6) is 1.66. The molecule has 3 saturated heterocycles. The summed E-state index contributed by atoms with van der Waals surface area (Å²) >= 11 is 6.16. The Labute approximate surface area is 143 Å². The Balaban J connectivity index is 1.35. The molecule has 0 amide bonds. The third kappa shape index (κ3) is 3.17. The van der Waals surface area contributed by atoms with E-state index in [-0.39, 0.29) is 0 Å². The summed E-state index contributed by atoms with van der Waals surface area (Å²) in [7, 11) is 1.72. The van der Waals surface area contributed by atoms with E-state index in [9.17, 15) is 0 Å². The van der Waals surface area contributed by atoms with Gasteiger partial charge in [0.2, 0.25) is 0 Å². The minimum absolute atomic E-state index is 0.533. The maximum atomic E-state index is 6.16. The first kappa shape index (κ1) is 15.6. The van der Waals surface area contributed by atoms with Gasteiger partial charge >= 0.3 is 0 Å². The van der Waals surface area contributed by atoms with E-state index >= 15 is 0 Å².